The van der Waals surface area contributed by atoms with Gasteiger partial charge in [0, 0.05) is 45.1 Å². The molecule has 0 aliphatic rings. The Labute approximate surface area is 199 Å². The molecule has 5 nitrogen and oxygen atoms in total. The van der Waals surface area contributed by atoms with Crippen LogP contribution < -0.4 is 10.1 Å². The van der Waals surface area contributed by atoms with E-state index in [1.165, 1.54) is 0 Å². The van der Waals surface area contributed by atoms with Crippen molar-refractivity contribution in [3.63, 3.8) is 0 Å². The first kappa shape index (κ1) is 22.4. The Morgan fingerprint density at radius 3 is 2.66 bits per heavy atom. The topological polar surface area (TPSA) is 74.3 Å². The molecule has 0 aliphatic carbocycles. The third kappa shape index (κ3) is 5.51. The van der Waals surface area contributed by atoms with Gasteiger partial charge >= 0.3 is 5.97 Å². The minimum absolute atomic E-state index is 0.356. The molecule has 0 fully saturated rings. The normalized spacial score (nSPS) is 12.1. The Hall–Kier alpha value is -2.80. The lowest BCUT2D eigenvalue weighted by Crippen LogP contribution is -2.38. The number of carbonyl (C=O) groups is 1. The molecule has 0 saturated heterocycles. The van der Waals surface area contributed by atoms with E-state index in [4.69, 9.17) is 16.3 Å². The molecule has 4 aromatic rings. The van der Waals surface area contributed by atoms with E-state index in [9.17, 15) is 9.90 Å². The van der Waals surface area contributed by atoms with E-state index in [2.05, 4.69) is 26.2 Å². The fraction of sp³-hybridized carbons (Fsp3) is 0.160. The van der Waals surface area contributed by atoms with Crippen molar-refractivity contribution >= 4 is 44.4 Å². The van der Waals surface area contributed by atoms with Crippen LogP contribution >= 0.6 is 27.5 Å². The quantitative estimate of drug-likeness (QED) is 0.259. The molecule has 0 bridgehead atoms. The van der Waals surface area contributed by atoms with Crippen LogP contribution in [0.1, 0.15) is 16.7 Å². The highest BCUT2D eigenvalue weighted by atomic mass is 79.9. The lowest BCUT2D eigenvalue weighted by molar-refractivity contribution is -0.139. The van der Waals surface area contributed by atoms with Gasteiger partial charge in [0.05, 0.1) is 0 Å². The van der Waals surface area contributed by atoms with Gasteiger partial charge in [-0.25, -0.2) is 0 Å². The van der Waals surface area contributed by atoms with Crippen LogP contribution in [-0.2, 0) is 24.4 Å². The monoisotopic (exact) mass is 512 g/mol. The molecule has 0 aliphatic heterocycles. The van der Waals surface area contributed by atoms with Crippen molar-refractivity contribution in [2.75, 3.05) is 0 Å². The lowest BCUT2D eigenvalue weighted by atomic mass is 10.0. The molecule has 4 rings (SSSR count). The third-order valence-corrected chi connectivity index (χ3v) is 6.01. The summed E-state index contributed by atoms with van der Waals surface area (Å²) >= 11 is 9.44. The van der Waals surface area contributed by atoms with Crippen molar-refractivity contribution in [2.24, 2.45) is 0 Å². The van der Waals surface area contributed by atoms with Crippen LogP contribution in [0.2, 0.25) is 5.02 Å². The summed E-state index contributed by atoms with van der Waals surface area (Å²) in [5.74, 6) is -0.194. The van der Waals surface area contributed by atoms with Gasteiger partial charge < -0.3 is 14.8 Å². The first-order valence-corrected chi connectivity index (χ1v) is 11.3. The summed E-state index contributed by atoms with van der Waals surface area (Å²) in [6.07, 6.45) is 2.25. The zero-order valence-electron chi connectivity index (χ0n) is 17.1. The number of hydrogen-bond acceptors (Lipinski definition) is 3. The average Bonchev–Trinajstić information content (AvgIpc) is 3.19. The van der Waals surface area contributed by atoms with Gasteiger partial charge in [-0.1, -0.05) is 57.9 Å². The van der Waals surface area contributed by atoms with E-state index >= 15 is 0 Å². The molecule has 1 atom stereocenters. The van der Waals surface area contributed by atoms with Crippen LogP contribution in [0.3, 0.4) is 0 Å². The maximum Gasteiger partial charge on any atom is 0.321 e. The number of para-hydroxylation sites is 1. The molecule has 0 spiro atoms. The van der Waals surface area contributed by atoms with Crippen LogP contribution in [0.5, 0.6) is 5.75 Å². The molecule has 0 saturated carbocycles. The van der Waals surface area contributed by atoms with E-state index in [0.29, 0.717) is 30.3 Å². The molecule has 1 heterocycles. The van der Waals surface area contributed by atoms with Gasteiger partial charge in [-0.3, -0.25) is 10.1 Å². The SMILES string of the molecule is O=C(O)C(Cc1c[nH]c2ccccc12)NCc1cc(Br)ccc1OCc1ccc(Cl)cc1. The standard InChI is InChI=1S/C25H22BrClN2O3/c26-19-7-10-24(32-15-16-5-8-20(27)9-6-16)18(11-19)14-29-23(25(30)31)12-17-13-28-22-4-2-1-3-21(17)22/h1-11,13,23,28-29H,12,14-15H2,(H,30,31). The van der Waals surface area contributed by atoms with Crippen molar-refractivity contribution in [1.29, 1.82) is 0 Å². The van der Waals surface area contributed by atoms with Crippen molar-refractivity contribution in [2.45, 2.75) is 25.6 Å². The Balaban J connectivity index is 1.46. The summed E-state index contributed by atoms with van der Waals surface area (Å²) in [4.78, 5) is 15.2. The number of benzene rings is 3. The number of halogens is 2. The van der Waals surface area contributed by atoms with E-state index < -0.39 is 12.0 Å². The first-order chi connectivity index (χ1) is 15.5. The highest BCUT2D eigenvalue weighted by Crippen LogP contribution is 2.25. The Bertz CT molecular complexity index is 1220. The van der Waals surface area contributed by atoms with Gasteiger partial charge in [0.25, 0.3) is 0 Å². The number of aromatic amines is 1. The van der Waals surface area contributed by atoms with E-state index in [0.717, 1.165) is 32.1 Å². The van der Waals surface area contributed by atoms with Crippen molar-refractivity contribution in [3.8, 4) is 5.75 Å². The van der Waals surface area contributed by atoms with E-state index in [1.54, 1.807) is 0 Å². The summed E-state index contributed by atoms with van der Waals surface area (Å²) in [6.45, 7) is 0.748. The maximum absolute atomic E-state index is 11.9. The van der Waals surface area contributed by atoms with Gasteiger partial charge in [0.2, 0.25) is 0 Å². The number of H-pyrrole nitrogens is 1. The van der Waals surface area contributed by atoms with Crippen molar-refractivity contribution in [1.82, 2.24) is 10.3 Å². The molecule has 3 N–H and O–H groups in total. The lowest BCUT2D eigenvalue weighted by Gasteiger charge is -2.17. The number of hydrogen-bond donors (Lipinski definition) is 3. The minimum atomic E-state index is -0.895. The summed E-state index contributed by atoms with van der Waals surface area (Å²) < 4.78 is 6.92. The fourth-order valence-electron chi connectivity index (χ4n) is 3.57. The summed E-state index contributed by atoms with van der Waals surface area (Å²) in [5, 5.41) is 14.7. The highest BCUT2D eigenvalue weighted by Gasteiger charge is 2.20. The summed E-state index contributed by atoms with van der Waals surface area (Å²) in [6, 6.07) is 20.4. The molecule has 0 radical (unpaired) electrons. The van der Waals surface area contributed by atoms with Gasteiger partial charge in [0.15, 0.2) is 0 Å². The van der Waals surface area contributed by atoms with E-state index in [1.807, 2.05) is 72.9 Å². The maximum atomic E-state index is 11.9. The van der Waals surface area contributed by atoms with Gasteiger partial charge in [-0.05, 0) is 47.5 Å². The second-order valence-corrected chi connectivity index (χ2v) is 8.85. The highest BCUT2D eigenvalue weighted by molar-refractivity contribution is 9.10. The van der Waals surface area contributed by atoms with Gasteiger partial charge in [-0.2, -0.15) is 0 Å². The number of fused-ring (bicyclic) bond motifs is 1. The molecule has 3 aromatic carbocycles. The number of ether oxygens (including phenoxy) is 1. The van der Waals surface area contributed by atoms with Crippen molar-refractivity contribution < 1.29 is 14.6 Å². The molecule has 7 heteroatoms. The van der Waals surface area contributed by atoms with Crippen LogP contribution in [0.15, 0.2) is 77.4 Å². The number of aliphatic carboxylic acids is 1. The smallest absolute Gasteiger partial charge is 0.321 e. The number of nitrogens with one attached hydrogen (secondary N) is 2. The molecular weight excluding hydrogens is 492 g/mol. The number of rotatable bonds is 9. The Morgan fingerprint density at radius 1 is 1.09 bits per heavy atom. The third-order valence-electron chi connectivity index (χ3n) is 5.27. The van der Waals surface area contributed by atoms with Gasteiger partial charge in [0.1, 0.15) is 18.4 Å². The fourth-order valence-corrected chi connectivity index (χ4v) is 4.10. The molecule has 1 unspecified atom stereocenters. The molecule has 32 heavy (non-hydrogen) atoms. The second kappa shape index (κ2) is 10.2. The predicted molar refractivity (Wildman–Crippen MR) is 130 cm³/mol. The van der Waals surface area contributed by atoms with Gasteiger partial charge in [-0.15, -0.1) is 0 Å². The number of carboxylic acids is 1. The van der Waals surface area contributed by atoms with Crippen molar-refractivity contribution in [3.05, 3.63) is 99.1 Å². The molecule has 0 amide bonds. The molecule has 164 valence electrons. The average molecular weight is 514 g/mol. The number of aromatic nitrogens is 1. The predicted octanol–water partition coefficient (Wildman–Crippen LogP) is 5.95. The van der Waals surface area contributed by atoms with Crippen LogP contribution in [0.25, 0.3) is 10.9 Å². The van der Waals surface area contributed by atoms with E-state index in [-0.39, 0.29) is 0 Å². The zero-order chi connectivity index (χ0) is 22.5. The zero-order valence-corrected chi connectivity index (χ0v) is 19.5. The Morgan fingerprint density at radius 2 is 1.88 bits per heavy atom. The second-order valence-electron chi connectivity index (χ2n) is 7.50. The molecule has 1 aromatic heterocycles. The largest absolute Gasteiger partial charge is 0.489 e. The Kier molecular flexibility index (Phi) is 7.15. The summed E-state index contributed by atoms with van der Waals surface area (Å²) in [5.41, 5.74) is 3.84. The van der Waals surface area contributed by atoms with Crippen LogP contribution in [0.4, 0.5) is 0 Å². The van der Waals surface area contributed by atoms with Crippen LogP contribution in [-0.4, -0.2) is 22.1 Å². The number of carboxylic acid groups (broad SMARTS) is 1. The first-order valence-electron chi connectivity index (χ1n) is 10.2. The minimum Gasteiger partial charge on any atom is -0.489 e. The molecular formula is C25H22BrClN2O3. The van der Waals surface area contributed by atoms with Crippen LogP contribution in [0, 0.1) is 0 Å². The summed E-state index contributed by atoms with van der Waals surface area (Å²) in [7, 11) is 0.